The smallest absolute Gasteiger partial charge is 0.269 e. The molecule has 1 fully saturated rings. The van der Waals surface area contributed by atoms with E-state index in [4.69, 9.17) is 4.74 Å². The highest BCUT2D eigenvalue weighted by Crippen LogP contribution is 2.26. The first-order valence-corrected chi connectivity index (χ1v) is 6.47. The van der Waals surface area contributed by atoms with E-state index in [-0.39, 0.29) is 12.0 Å². The van der Waals surface area contributed by atoms with Crippen molar-refractivity contribution >= 4 is 5.91 Å². The van der Waals surface area contributed by atoms with Crippen molar-refractivity contribution in [3.63, 3.8) is 0 Å². The molecule has 18 heavy (non-hydrogen) atoms. The van der Waals surface area contributed by atoms with E-state index in [1.54, 1.807) is 24.0 Å². The van der Waals surface area contributed by atoms with E-state index in [2.05, 4.69) is 24.3 Å². The fraction of sp³-hybridized carbons (Fsp3) is 0.692. The molecule has 0 aromatic carbocycles. The van der Waals surface area contributed by atoms with Crippen LogP contribution in [0, 0.1) is 11.8 Å². The van der Waals surface area contributed by atoms with Crippen LogP contribution < -0.4 is 5.32 Å². The molecule has 0 saturated carbocycles. The number of amides is 1. The van der Waals surface area contributed by atoms with Crippen molar-refractivity contribution in [3.05, 3.63) is 18.0 Å². The summed E-state index contributed by atoms with van der Waals surface area (Å²) in [4.78, 5) is 11.9. The Morgan fingerprint density at radius 3 is 3.06 bits per heavy atom. The van der Waals surface area contributed by atoms with Crippen LogP contribution in [0.15, 0.2) is 12.3 Å². The average Bonchev–Trinajstić information content (AvgIpc) is 2.94. The summed E-state index contributed by atoms with van der Waals surface area (Å²) in [6.07, 6.45) is 2.91. The summed E-state index contributed by atoms with van der Waals surface area (Å²) in [6.45, 7) is 5.79. The van der Waals surface area contributed by atoms with Gasteiger partial charge in [-0.25, -0.2) is 0 Å². The third kappa shape index (κ3) is 2.72. The molecule has 0 spiro atoms. The second-order valence-electron chi connectivity index (χ2n) is 5.18. The Labute approximate surface area is 108 Å². The van der Waals surface area contributed by atoms with Crippen LogP contribution in [-0.4, -0.2) is 34.9 Å². The summed E-state index contributed by atoms with van der Waals surface area (Å²) in [5.74, 6) is 0.845. The van der Waals surface area contributed by atoms with Crippen molar-refractivity contribution in [2.45, 2.75) is 26.4 Å². The summed E-state index contributed by atoms with van der Waals surface area (Å²) < 4.78 is 7.29. The lowest BCUT2D eigenvalue weighted by molar-refractivity contribution is 0.0533. The van der Waals surface area contributed by atoms with Crippen LogP contribution >= 0.6 is 0 Å². The van der Waals surface area contributed by atoms with Crippen LogP contribution in [0.2, 0.25) is 0 Å². The van der Waals surface area contributed by atoms with E-state index in [9.17, 15) is 4.79 Å². The lowest BCUT2D eigenvalue weighted by atomic mass is 9.93. The SMILES string of the molecule is CC(C)[C@H]1OCC[C@@H]1CNC(=O)c1ccnn1C. The largest absolute Gasteiger partial charge is 0.378 e. The number of carbonyl (C=O) groups excluding carboxylic acids is 1. The molecule has 2 rings (SSSR count). The van der Waals surface area contributed by atoms with Crippen molar-refractivity contribution in [1.82, 2.24) is 15.1 Å². The molecule has 1 aromatic rings. The first kappa shape index (κ1) is 13.1. The number of nitrogens with one attached hydrogen (secondary N) is 1. The van der Waals surface area contributed by atoms with E-state index < -0.39 is 0 Å². The van der Waals surface area contributed by atoms with Crippen LogP contribution in [0.5, 0.6) is 0 Å². The Bertz CT molecular complexity index is 414. The van der Waals surface area contributed by atoms with Gasteiger partial charge in [-0.3, -0.25) is 9.48 Å². The van der Waals surface area contributed by atoms with Gasteiger partial charge in [-0.1, -0.05) is 13.8 Å². The zero-order chi connectivity index (χ0) is 13.1. The summed E-state index contributed by atoms with van der Waals surface area (Å²) in [5, 5.41) is 6.96. The molecular formula is C13H21N3O2. The number of ether oxygens (including phenoxy) is 1. The van der Waals surface area contributed by atoms with E-state index in [0.29, 0.717) is 24.1 Å². The predicted molar refractivity (Wildman–Crippen MR) is 68.2 cm³/mol. The van der Waals surface area contributed by atoms with Crippen LogP contribution in [0.3, 0.4) is 0 Å². The van der Waals surface area contributed by atoms with Gasteiger partial charge in [0.15, 0.2) is 0 Å². The molecule has 0 bridgehead atoms. The van der Waals surface area contributed by atoms with Gasteiger partial charge in [0.1, 0.15) is 5.69 Å². The zero-order valence-corrected chi connectivity index (χ0v) is 11.2. The second-order valence-corrected chi connectivity index (χ2v) is 5.18. The van der Waals surface area contributed by atoms with E-state index in [0.717, 1.165) is 13.0 Å². The number of rotatable bonds is 4. The highest BCUT2D eigenvalue weighted by Gasteiger charge is 2.30. The molecule has 0 unspecified atom stereocenters. The minimum Gasteiger partial charge on any atom is -0.378 e. The average molecular weight is 251 g/mol. The fourth-order valence-corrected chi connectivity index (χ4v) is 2.52. The predicted octanol–water partition coefficient (Wildman–Crippen LogP) is 1.21. The van der Waals surface area contributed by atoms with Gasteiger partial charge >= 0.3 is 0 Å². The van der Waals surface area contributed by atoms with Gasteiger partial charge in [-0.2, -0.15) is 5.10 Å². The molecular weight excluding hydrogens is 230 g/mol. The summed E-state index contributed by atoms with van der Waals surface area (Å²) in [6, 6.07) is 1.72. The Balaban J connectivity index is 1.88. The number of aryl methyl sites for hydroxylation is 1. The van der Waals surface area contributed by atoms with E-state index >= 15 is 0 Å². The lowest BCUT2D eigenvalue weighted by Crippen LogP contribution is -2.35. The molecule has 1 aliphatic heterocycles. The normalized spacial score (nSPS) is 23.6. The fourth-order valence-electron chi connectivity index (χ4n) is 2.52. The van der Waals surface area contributed by atoms with Gasteiger partial charge in [0.05, 0.1) is 6.10 Å². The number of nitrogens with zero attached hydrogens (tertiary/aromatic N) is 2. The van der Waals surface area contributed by atoms with Crippen molar-refractivity contribution in [1.29, 1.82) is 0 Å². The molecule has 5 nitrogen and oxygen atoms in total. The highest BCUT2D eigenvalue weighted by molar-refractivity contribution is 5.92. The van der Waals surface area contributed by atoms with Gasteiger partial charge in [-0.15, -0.1) is 0 Å². The van der Waals surface area contributed by atoms with Gasteiger partial charge in [-0.05, 0) is 18.4 Å². The minimum absolute atomic E-state index is 0.0654. The van der Waals surface area contributed by atoms with Crippen molar-refractivity contribution < 1.29 is 9.53 Å². The second kappa shape index (κ2) is 5.52. The first-order chi connectivity index (χ1) is 8.59. The van der Waals surface area contributed by atoms with Gasteiger partial charge in [0.25, 0.3) is 5.91 Å². The van der Waals surface area contributed by atoms with Gasteiger partial charge < -0.3 is 10.1 Å². The standard InChI is InChI=1S/C13H21N3O2/c1-9(2)12-10(5-7-18-12)8-14-13(17)11-4-6-15-16(11)3/h4,6,9-10,12H,5,7-8H2,1-3H3,(H,14,17)/t10-,12-/m1/s1. The molecule has 0 radical (unpaired) electrons. The molecule has 1 aromatic heterocycles. The molecule has 0 aliphatic carbocycles. The zero-order valence-electron chi connectivity index (χ0n) is 11.2. The number of carbonyl (C=O) groups is 1. The maximum Gasteiger partial charge on any atom is 0.269 e. The number of hydrogen-bond acceptors (Lipinski definition) is 3. The minimum atomic E-state index is -0.0654. The third-order valence-electron chi connectivity index (χ3n) is 3.50. The highest BCUT2D eigenvalue weighted by atomic mass is 16.5. The Morgan fingerprint density at radius 2 is 2.44 bits per heavy atom. The van der Waals surface area contributed by atoms with E-state index in [1.807, 2.05) is 0 Å². The molecule has 2 atom stereocenters. The molecule has 1 saturated heterocycles. The summed E-state index contributed by atoms with van der Waals surface area (Å²) >= 11 is 0. The summed E-state index contributed by atoms with van der Waals surface area (Å²) in [7, 11) is 1.77. The Morgan fingerprint density at radius 1 is 1.67 bits per heavy atom. The number of aromatic nitrogens is 2. The van der Waals surface area contributed by atoms with Crippen LogP contribution in [-0.2, 0) is 11.8 Å². The molecule has 1 aliphatic rings. The van der Waals surface area contributed by atoms with Gasteiger partial charge in [0.2, 0.25) is 0 Å². The Hall–Kier alpha value is -1.36. The molecule has 2 heterocycles. The topological polar surface area (TPSA) is 56.1 Å². The van der Waals surface area contributed by atoms with E-state index in [1.165, 1.54) is 0 Å². The maximum absolute atomic E-state index is 11.9. The lowest BCUT2D eigenvalue weighted by Gasteiger charge is -2.22. The summed E-state index contributed by atoms with van der Waals surface area (Å²) in [5.41, 5.74) is 0.593. The van der Waals surface area contributed by atoms with Crippen LogP contribution in [0.4, 0.5) is 0 Å². The van der Waals surface area contributed by atoms with Crippen LogP contribution in [0.25, 0.3) is 0 Å². The monoisotopic (exact) mass is 251 g/mol. The molecule has 100 valence electrons. The Kier molecular flexibility index (Phi) is 4.01. The van der Waals surface area contributed by atoms with Crippen LogP contribution in [0.1, 0.15) is 30.8 Å². The third-order valence-corrected chi connectivity index (χ3v) is 3.50. The molecule has 5 heteroatoms. The van der Waals surface area contributed by atoms with Crippen molar-refractivity contribution in [2.24, 2.45) is 18.9 Å². The molecule has 1 N–H and O–H groups in total. The first-order valence-electron chi connectivity index (χ1n) is 6.47. The van der Waals surface area contributed by atoms with Crippen molar-refractivity contribution in [2.75, 3.05) is 13.2 Å². The number of hydrogen-bond donors (Lipinski definition) is 1. The maximum atomic E-state index is 11.9. The van der Waals surface area contributed by atoms with Crippen molar-refractivity contribution in [3.8, 4) is 0 Å². The quantitative estimate of drug-likeness (QED) is 0.875. The van der Waals surface area contributed by atoms with Gasteiger partial charge in [0, 0.05) is 32.3 Å². The molecule has 1 amide bonds.